The van der Waals surface area contributed by atoms with Crippen molar-refractivity contribution in [2.45, 2.75) is 249 Å². The number of para-hydroxylation sites is 1. The van der Waals surface area contributed by atoms with Crippen LogP contribution in [0.15, 0.2) is 154 Å². The van der Waals surface area contributed by atoms with Crippen LogP contribution < -0.4 is 42.5 Å². The zero-order valence-corrected chi connectivity index (χ0v) is 91.2. The molecular weight excluding hydrogens is 2030 g/mol. The highest BCUT2D eigenvalue weighted by Gasteiger charge is 2.48. The second kappa shape index (κ2) is 50.5. The van der Waals surface area contributed by atoms with E-state index >= 15 is 0 Å². The third kappa shape index (κ3) is 25.0. The van der Waals surface area contributed by atoms with Crippen molar-refractivity contribution in [3.63, 3.8) is 0 Å². The molecule has 0 spiro atoms. The standard InChI is InChI=1S/2C29H35FN4O3S.C28H34BrN5O2S.C26H34N6O3S/c1-17-10-13-34(29(36)25(19-11-14-37-15-12-19)33-27(35)18(2)31-3)26(17)28-32-24(16-38-28)22-8-9-23(30)21-7-5-4-6-20(21)22;1-17(31-2)27(36)33-26(18-9-11-19(35)12-10-18)29(37)34-15-5-8-25(34)28-32-24(16-38-28)22-13-14-23(30)21-7-4-3-6-20(21)22;1-17(30-2)26(35)33-25(18-9-4-3-5-10-18)28(36)34-14-8-13-23(34)27-32-22(16-37-27)20-15-24(29)31-21-12-7-6-11-19(20)21;1-16-23(32-11-5-4-8-21(32)28-16)19-15-36-25(29-19)20-7-6-12-31(20)26(34)22(18-9-13-35-14-10-18)30-24(33)17(2)27-3/h4-9,16-19,25-26,31H,10-15H2,1-3H3,(H,33,35);3-4,6-7,13-14,16-19,25-26,31,35H,5,8-12,15H2,1-2H3,(H,33,36);6-7,11-12,15-18,23,25,30H,3-5,8-10,13-14H2,1-2H3,(H,33,35);4-5,8,11,15,17-18,20,22,27H,6-7,9-10,12-14H2,1-3H3,(H,30,33)/t17-,18-,25-,26-;17-,18?,19?,25-,26-;17-,23-,25-;17-,20-,22-/m0000/s1. The van der Waals surface area contributed by atoms with Crippen molar-refractivity contribution in [2.75, 3.05) is 80.8 Å². The number of benzene rings is 5. The highest BCUT2D eigenvalue weighted by Crippen LogP contribution is 2.47. The number of fused-ring (bicyclic) bond motifs is 4. The molecule has 20 rings (SSSR count). The minimum absolute atomic E-state index is 0.0104. The summed E-state index contributed by atoms with van der Waals surface area (Å²) in [6, 6.07) is 33.1. The summed E-state index contributed by atoms with van der Waals surface area (Å²) in [4.78, 5) is 144. The summed E-state index contributed by atoms with van der Waals surface area (Å²) in [5, 5.41) is 49.7. The van der Waals surface area contributed by atoms with E-state index in [-0.39, 0.29) is 131 Å². The number of amides is 8. The molecule has 30 nitrogen and oxygen atoms in total. The first-order valence-corrected chi connectivity index (χ1v) is 57.1. The molecule has 2 saturated carbocycles. The molecule has 6 aliphatic heterocycles. The van der Waals surface area contributed by atoms with E-state index in [9.17, 15) is 52.2 Å². The smallest absolute Gasteiger partial charge is 0.246 e. The number of carbonyl (C=O) groups is 8. The number of aromatic nitrogens is 7. The molecule has 13 heterocycles. The largest absolute Gasteiger partial charge is 0.393 e. The van der Waals surface area contributed by atoms with Crippen LogP contribution in [0.2, 0.25) is 0 Å². The van der Waals surface area contributed by atoms with Crippen molar-refractivity contribution in [2.24, 2.45) is 29.6 Å². The molecule has 7 aromatic heterocycles. The molecule has 0 radical (unpaired) electrons. The molecule has 792 valence electrons. The number of nitrogens with one attached hydrogen (secondary N) is 8. The fraction of sp³-hybridized carbons (Fsp3) is 0.500. The Labute approximate surface area is 893 Å². The van der Waals surface area contributed by atoms with Gasteiger partial charge in [-0.05, 0) is 277 Å². The molecule has 9 N–H and O–H groups in total. The second-order valence-electron chi connectivity index (χ2n) is 40.7. The molecule has 5 aromatic carbocycles. The summed E-state index contributed by atoms with van der Waals surface area (Å²) in [5.74, 6) is -0.778. The number of hydrogen-bond donors (Lipinski definition) is 9. The van der Waals surface area contributed by atoms with Crippen LogP contribution in [0.3, 0.4) is 0 Å². The molecule has 13 atom stereocenters. The average molecular weight is 2170 g/mol. The van der Waals surface area contributed by atoms with E-state index in [4.69, 9.17) is 29.4 Å². The number of rotatable bonds is 28. The lowest BCUT2D eigenvalue weighted by molar-refractivity contribution is -0.140. The quantitative estimate of drug-likeness (QED) is 0.0206. The Bertz CT molecular complexity index is 6670. The SMILES string of the molecule is CN[C@@H](C)C(=O)N[C@H](C(=O)N1CCC[C@H]1c1nc(-c2c(C)nc3ccccn23)cs1)C1CCOCC1.CN[C@@H](C)C(=O)N[C@H](C(=O)N1CCC[C@H]1c1nc(-c2cc(Br)nc3ccccc23)cs1)C1CCCCC1.CN[C@@H](C)C(=O)N[C@H](C(=O)N1CCC[C@H]1c1nc(-c2ccc(F)c3ccccc23)cs1)C1CCC(O)CC1.CN[C@@H](C)C(=O)N[C@H](C(=O)N1CC[C@H](C)[C@H]1c1nc(-c2ccc(F)c3ccccc23)cs1)C1CCOCC1. The van der Waals surface area contributed by atoms with Gasteiger partial charge in [-0.2, -0.15) is 0 Å². The lowest BCUT2D eigenvalue weighted by Crippen LogP contribution is -2.56. The van der Waals surface area contributed by atoms with Crippen LogP contribution in [0.4, 0.5) is 8.78 Å². The minimum atomic E-state index is -0.633. The number of imidazole rings is 1. The Balaban J connectivity index is 0.000000135. The normalized spacial score (nSPS) is 21.5. The number of hydrogen-bond acceptors (Lipinski definition) is 25. The Hall–Kier alpha value is -10.9. The molecule has 37 heteroatoms. The van der Waals surface area contributed by atoms with Gasteiger partial charge in [0, 0.05) is 113 Å². The lowest BCUT2D eigenvalue weighted by atomic mass is 9.81. The molecule has 6 saturated heterocycles. The maximum atomic E-state index is 14.4. The highest BCUT2D eigenvalue weighted by molar-refractivity contribution is 9.10. The second-order valence-corrected chi connectivity index (χ2v) is 45.1. The molecule has 149 heavy (non-hydrogen) atoms. The zero-order valence-electron chi connectivity index (χ0n) is 86.3. The van der Waals surface area contributed by atoms with Crippen molar-refractivity contribution in [3.05, 3.63) is 191 Å². The van der Waals surface area contributed by atoms with Gasteiger partial charge in [-0.1, -0.05) is 99.0 Å². The Morgan fingerprint density at radius 3 is 1.22 bits per heavy atom. The van der Waals surface area contributed by atoms with Crippen molar-refractivity contribution >= 4 is 147 Å². The number of thiazole rings is 4. The number of halogens is 3. The van der Waals surface area contributed by atoms with Gasteiger partial charge in [-0.15, -0.1) is 45.3 Å². The van der Waals surface area contributed by atoms with E-state index in [0.29, 0.717) is 89.1 Å². The van der Waals surface area contributed by atoms with Crippen LogP contribution in [-0.2, 0) is 47.8 Å². The van der Waals surface area contributed by atoms with Crippen molar-refractivity contribution in [1.82, 2.24) is 96.4 Å². The van der Waals surface area contributed by atoms with Crippen molar-refractivity contribution < 1.29 is 61.7 Å². The molecule has 0 unspecified atom stereocenters. The average Bonchev–Trinajstić information content (AvgIpc) is 1.63. The predicted octanol–water partition coefficient (Wildman–Crippen LogP) is 17.3. The highest BCUT2D eigenvalue weighted by atomic mass is 79.9. The Morgan fingerprint density at radius 2 is 0.772 bits per heavy atom. The van der Waals surface area contributed by atoms with Gasteiger partial charge in [0.1, 0.15) is 71.8 Å². The minimum Gasteiger partial charge on any atom is -0.393 e. The van der Waals surface area contributed by atoms with E-state index in [1.165, 1.54) is 41.2 Å². The first-order chi connectivity index (χ1) is 72.2. The molecule has 0 bridgehead atoms. The first-order valence-electron chi connectivity index (χ1n) is 52.8. The van der Waals surface area contributed by atoms with Gasteiger partial charge in [-0.25, -0.2) is 38.7 Å². The van der Waals surface area contributed by atoms with E-state index in [2.05, 4.69) is 96.6 Å². The van der Waals surface area contributed by atoms with Gasteiger partial charge in [-0.3, -0.25) is 42.8 Å². The number of aryl methyl sites for hydroxylation is 1. The van der Waals surface area contributed by atoms with E-state index in [1.807, 2.05) is 129 Å². The van der Waals surface area contributed by atoms with Gasteiger partial charge in [0.2, 0.25) is 47.3 Å². The third-order valence-corrected chi connectivity index (χ3v) is 35.5. The topological polar surface area (TPSA) is 366 Å². The maximum absolute atomic E-state index is 14.4. The van der Waals surface area contributed by atoms with Crippen molar-refractivity contribution in [1.29, 1.82) is 0 Å². The van der Waals surface area contributed by atoms with Crippen LogP contribution in [-0.4, -0.2) is 242 Å². The number of ether oxygens (including phenoxy) is 2. The van der Waals surface area contributed by atoms with Gasteiger partial charge in [0.25, 0.3) is 0 Å². The number of likely N-dealkylation sites (tertiary alicyclic amines) is 4. The molecule has 8 aliphatic rings. The Morgan fingerprint density at radius 1 is 0.396 bits per heavy atom. The fourth-order valence-electron chi connectivity index (χ4n) is 22.3. The van der Waals surface area contributed by atoms with Crippen LogP contribution in [0.1, 0.15) is 213 Å². The van der Waals surface area contributed by atoms with Crippen LogP contribution in [0, 0.1) is 48.1 Å². The molecule has 8 fully saturated rings. The number of likely N-dealkylation sites (N-methyl/N-ethyl adjacent to an activating group) is 4. The number of nitrogens with zero attached hydrogens (tertiary/aromatic N) is 11. The van der Waals surface area contributed by atoms with E-state index in [0.717, 1.165) is 199 Å². The van der Waals surface area contributed by atoms with E-state index in [1.54, 1.807) is 95.9 Å². The van der Waals surface area contributed by atoms with Crippen LogP contribution in [0.5, 0.6) is 0 Å². The molecule has 8 amide bonds. The monoisotopic (exact) mass is 2170 g/mol. The first kappa shape index (κ1) is 109. The fourth-order valence-corrected chi connectivity index (χ4v) is 26.6. The summed E-state index contributed by atoms with van der Waals surface area (Å²) >= 11 is 9.79. The number of carbonyl (C=O) groups excluding carboxylic acids is 8. The van der Waals surface area contributed by atoms with Gasteiger partial charge in [0.05, 0.1) is 88.4 Å². The van der Waals surface area contributed by atoms with Crippen LogP contribution in [0.25, 0.3) is 83.3 Å². The summed E-state index contributed by atoms with van der Waals surface area (Å²) in [7, 11) is 6.97. The molecule has 12 aromatic rings. The number of aliphatic hydroxyl groups excluding tert-OH is 1. The van der Waals surface area contributed by atoms with Crippen LogP contribution >= 0.6 is 61.3 Å². The van der Waals surface area contributed by atoms with E-state index < -0.39 is 36.3 Å². The van der Waals surface area contributed by atoms with Crippen molar-refractivity contribution in [3.8, 4) is 45.2 Å². The van der Waals surface area contributed by atoms with Gasteiger partial charge in [0.15, 0.2) is 0 Å². The number of aliphatic hydroxyl groups is 1. The summed E-state index contributed by atoms with van der Waals surface area (Å²) in [5.41, 5.74) is 9.83. The summed E-state index contributed by atoms with van der Waals surface area (Å²) in [6.45, 7) is 16.4. The molecular formula is C112H138BrF2N19O11S4. The maximum Gasteiger partial charge on any atom is 0.246 e. The lowest BCUT2D eigenvalue weighted by Gasteiger charge is -2.36. The third-order valence-electron chi connectivity index (χ3n) is 31.4. The zero-order chi connectivity index (χ0) is 105. The summed E-state index contributed by atoms with van der Waals surface area (Å²) < 4.78 is 42.7. The summed E-state index contributed by atoms with van der Waals surface area (Å²) in [6.07, 6.45) is 18.8. The van der Waals surface area contributed by atoms with Gasteiger partial charge >= 0.3 is 0 Å². The molecule has 2 aliphatic carbocycles. The number of pyridine rings is 2. The Kier molecular flexibility index (Phi) is 37.1. The predicted molar refractivity (Wildman–Crippen MR) is 584 cm³/mol. The van der Waals surface area contributed by atoms with Gasteiger partial charge < -0.3 is 76.7 Å².